The second kappa shape index (κ2) is 8.89. The maximum atomic E-state index is 9.01. The minimum atomic E-state index is -0.0829. The number of aliphatic hydroxyl groups excluding tert-OH is 1. The molecule has 12 atom stereocenters. The molecule has 0 aromatic heterocycles. The van der Waals surface area contributed by atoms with Gasteiger partial charge in [-0.15, -0.1) is 0 Å². The van der Waals surface area contributed by atoms with Crippen LogP contribution in [-0.2, 0) is 38.0 Å². The highest BCUT2D eigenvalue weighted by Crippen LogP contribution is 2.56. The van der Waals surface area contributed by atoms with Gasteiger partial charge in [-0.1, -0.05) is 6.92 Å². The molecule has 4 bridgehead atoms. The molecular weight excluding hydrogens is 444 g/mol. The van der Waals surface area contributed by atoms with Gasteiger partial charge in [-0.3, -0.25) is 0 Å². The van der Waals surface area contributed by atoms with Crippen LogP contribution in [0, 0.1) is 0 Å². The first-order valence-corrected chi connectivity index (χ1v) is 13.1. The highest BCUT2D eigenvalue weighted by molar-refractivity contribution is 5.20. The molecule has 2 aliphatic carbocycles. The fourth-order valence-electron chi connectivity index (χ4n) is 7.60. The molecule has 8 aliphatic rings. The molecule has 190 valence electrons. The molecule has 9 heteroatoms. The molecule has 1 N–H and O–H groups in total. The van der Waals surface area contributed by atoms with Crippen molar-refractivity contribution in [3.63, 3.8) is 0 Å². The van der Waals surface area contributed by atoms with Crippen LogP contribution in [0.5, 0.6) is 0 Å². The van der Waals surface area contributed by atoms with E-state index in [-0.39, 0.29) is 42.3 Å². The average molecular weight is 481 g/mol. The Hall–Kier alpha value is -0.900. The third-order valence-electron chi connectivity index (χ3n) is 9.23. The molecule has 0 aromatic carbocycles. The van der Waals surface area contributed by atoms with Gasteiger partial charge in [-0.05, 0) is 38.5 Å². The molecule has 2 spiro atoms. The standard InChI is InChI=1S/C12H18O4.C12H18O3.CO2/c13-4-3-7-1-2-10-12(16-7)5-8(14-10)11-9(6-12)15-11;1-2-7-3-4-10-12(15-7)5-8(13-10)11-9(6-12)14-11;2-1-3/h7-11,13H,1-6H2;7-11H,2-6H2,1H3;/t7-,8-,9-,10+,11+,12-;7-,8+,9+,10-,11-,12+;/m10./s1. The summed E-state index contributed by atoms with van der Waals surface area (Å²) in [6.07, 6.45) is 14.3. The largest absolute Gasteiger partial charge is 0.396 e. The molecule has 9 nitrogen and oxygen atoms in total. The van der Waals surface area contributed by atoms with Gasteiger partial charge in [-0.2, -0.15) is 9.59 Å². The number of aliphatic hydroxyl groups is 1. The number of epoxide rings is 2. The van der Waals surface area contributed by atoms with Gasteiger partial charge in [0.05, 0.1) is 60.0 Å². The highest BCUT2D eigenvalue weighted by Gasteiger charge is 2.67. The van der Waals surface area contributed by atoms with Crippen LogP contribution in [0.1, 0.15) is 71.1 Å². The monoisotopic (exact) mass is 480 g/mol. The van der Waals surface area contributed by atoms with E-state index in [4.69, 9.17) is 43.1 Å². The van der Waals surface area contributed by atoms with Crippen LogP contribution in [0.3, 0.4) is 0 Å². The summed E-state index contributed by atoms with van der Waals surface area (Å²) in [5.74, 6) is 0. The van der Waals surface area contributed by atoms with Crippen LogP contribution in [-0.4, -0.2) is 90.1 Å². The zero-order chi connectivity index (χ0) is 23.5. The summed E-state index contributed by atoms with van der Waals surface area (Å²) in [6, 6.07) is 0. The van der Waals surface area contributed by atoms with Crippen molar-refractivity contribution in [3.8, 4) is 0 Å². The predicted octanol–water partition coefficient (Wildman–Crippen LogP) is 1.67. The Morgan fingerprint density at radius 2 is 1.18 bits per heavy atom. The fourth-order valence-corrected chi connectivity index (χ4v) is 7.60. The van der Waals surface area contributed by atoms with Crippen LogP contribution in [0.2, 0.25) is 0 Å². The molecule has 34 heavy (non-hydrogen) atoms. The maximum Gasteiger partial charge on any atom is 0.373 e. The second-order valence-corrected chi connectivity index (χ2v) is 11.2. The van der Waals surface area contributed by atoms with E-state index >= 15 is 0 Å². The van der Waals surface area contributed by atoms with Gasteiger partial charge in [0.1, 0.15) is 12.2 Å². The van der Waals surface area contributed by atoms with E-state index < -0.39 is 0 Å². The Morgan fingerprint density at radius 1 is 0.735 bits per heavy atom. The normalized spacial score (nSPS) is 54.4. The zero-order valence-corrected chi connectivity index (χ0v) is 19.8. The molecule has 2 saturated carbocycles. The van der Waals surface area contributed by atoms with Gasteiger partial charge in [0.15, 0.2) is 0 Å². The lowest BCUT2D eigenvalue weighted by Crippen LogP contribution is -2.50. The summed E-state index contributed by atoms with van der Waals surface area (Å²) in [4.78, 5) is 16.2. The van der Waals surface area contributed by atoms with Gasteiger partial charge in [0, 0.05) is 32.3 Å². The Labute approximate surface area is 199 Å². The minimum Gasteiger partial charge on any atom is -0.396 e. The van der Waals surface area contributed by atoms with E-state index in [1.54, 1.807) is 0 Å². The molecule has 6 heterocycles. The summed E-state index contributed by atoms with van der Waals surface area (Å²) in [5, 5.41) is 9.01. The average Bonchev–Trinajstić information content (AvgIpc) is 3.70. The van der Waals surface area contributed by atoms with E-state index in [9.17, 15) is 0 Å². The molecule has 6 aliphatic heterocycles. The first-order chi connectivity index (χ1) is 16.5. The van der Waals surface area contributed by atoms with Crippen molar-refractivity contribution in [2.75, 3.05) is 6.61 Å². The van der Waals surface area contributed by atoms with E-state index in [2.05, 4.69) is 6.92 Å². The summed E-state index contributed by atoms with van der Waals surface area (Å²) in [5.41, 5.74) is -0.0539. The van der Waals surface area contributed by atoms with E-state index in [1.165, 1.54) is 12.8 Å². The molecule has 0 amide bonds. The first-order valence-electron chi connectivity index (χ1n) is 13.1. The van der Waals surface area contributed by atoms with Crippen molar-refractivity contribution in [3.05, 3.63) is 0 Å². The van der Waals surface area contributed by atoms with Crippen molar-refractivity contribution in [2.24, 2.45) is 0 Å². The van der Waals surface area contributed by atoms with Gasteiger partial charge in [0.2, 0.25) is 0 Å². The van der Waals surface area contributed by atoms with Crippen molar-refractivity contribution in [1.82, 2.24) is 0 Å². The lowest BCUT2D eigenvalue weighted by Gasteiger charge is -2.42. The lowest BCUT2D eigenvalue weighted by atomic mass is 9.78. The smallest absolute Gasteiger partial charge is 0.373 e. The third kappa shape index (κ3) is 3.98. The van der Waals surface area contributed by atoms with Gasteiger partial charge < -0.3 is 33.5 Å². The molecule has 0 aromatic rings. The Bertz CT molecular complexity index is 793. The van der Waals surface area contributed by atoms with Crippen LogP contribution in [0.15, 0.2) is 0 Å². The quantitative estimate of drug-likeness (QED) is 0.602. The zero-order valence-electron chi connectivity index (χ0n) is 19.8. The first kappa shape index (κ1) is 23.5. The van der Waals surface area contributed by atoms with Crippen LogP contribution in [0.25, 0.3) is 0 Å². The molecule has 0 unspecified atom stereocenters. The molecule has 0 radical (unpaired) electrons. The number of hydrogen-bond acceptors (Lipinski definition) is 9. The highest BCUT2D eigenvalue weighted by atomic mass is 16.7. The van der Waals surface area contributed by atoms with Crippen molar-refractivity contribution >= 4 is 6.15 Å². The topological polar surface area (TPSA) is 116 Å². The minimum absolute atomic E-state index is 0.0290. The van der Waals surface area contributed by atoms with Crippen LogP contribution in [0.4, 0.5) is 0 Å². The van der Waals surface area contributed by atoms with E-state index in [0.717, 1.165) is 51.4 Å². The van der Waals surface area contributed by atoms with E-state index in [0.29, 0.717) is 42.7 Å². The molecule has 6 saturated heterocycles. The Morgan fingerprint density at radius 3 is 1.65 bits per heavy atom. The SMILES string of the molecule is CC[C@H]1CC[C@@H]2O[C@@H]3C[C@]2(C[C@H]2O[C@H]23)O1.O=C=O.OCC[C@H]1CC[C@@H]2O[C@@H]3C[C@]2(C[C@H]2O[C@H]23)O1. The van der Waals surface area contributed by atoms with Gasteiger partial charge in [-0.25, -0.2) is 0 Å². The molecule has 8 fully saturated rings. The summed E-state index contributed by atoms with van der Waals surface area (Å²) >= 11 is 0. The van der Waals surface area contributed by atoms with Crippen molar-refractivity contribution < 1.29 is 43.1 Å². The van der Waals surface area contributed by atoms with E-state index in [1.807, 2.05) is 0 Å². The Kier molecular flexibility index (Phi) is 6.14. The Balaban J connectivity index is 0.000000115. The number of fused-ring (bicyclic) bond motifs is 6. The molecular formula is C25H36O9. The number of carbonyl (C=O) groups excluding carboxylic acids is 2. The summed E-state index contributed by atoms with van der Waals surface area (Å²) in [6.45, 7) is 2.44. The second-order valence-electron chi connectivity index (χ2n) is 11.2. The maximum absolute atomic E-state index is 9.01. The fraction of sp³-hybridized carbons (Fsp3) is 0.960. The van der Waals surface area contributed by atoms with Crippen molar-refractivity contribution in [1.29, 1.82) is 0 Å². The third-order valence-corrected chi connectivity index (χ3v) is 9.23. The number of hydrogen-bond donors (Lipinski definition) is 1. The number of ether oxygens (including phenoxy) is 6. The molecule has 8 rings (SSSR count). The predicted molar refractivity (Wildman–Crippen MR) is 114 cm³/mol. The van der Waals surface area contributed by atoms with Crippen molar-refractivity contribution in [2.45, 2.75) is 143 Å². The van der Waals surface area contributed by atoms with Crippen LogP contribution < -0.4 is 0 Å². The summed E-state index contributed by atoms with van der Waals surface area (Å²) in [7, 11) is 0. The lowest BCUT2D eigenvalue weighted by molar-refractivity contribution is -0.191. The van der Waals surface area contributed by atoms with Gasteiger partial charge >= 0.3 is 6.15 Å². The van der Waals surface area contributed by atoms with Gasteiger partial charge in [0.25, 0.3) is 0 Å². The van der Waals surface area contributed by atoms with Crippen LogP contribution >= 0.6 is 0 Å². The number of rotatable bonds is 3. The summed E-state index contributed by atoms with van der Waals surface area (Å²) < 4.78 is 35.9.